The molecule has 0 aliphatic heterocycles. The average Bonchev–Trinajstić information content (AvgIpc) is 2.39. The lowest BCUT2D eigenvalue weighted by molar-refractivity contribution is 0.415. The van der Waals surface area contributed by atoms with Crippen LogP contribution in [0, 0.1) is 6.92 Å². The third-order valence-electron chi connectivity index (χ3n) is 2.50. The van der Waals surface area contributed by atoms with Crippen LogP contribution in [0.4, 0.5) is 5.69 Å². The number of methoxy groups -OCH3 is 1. The first-order chi connectivity index (χ1) is 8.69. The van der Waals surface area contributed by atoms with Gasteiger partial charge in [-0.25, -0.2) is 4.21 Å². The molecule has 0 spiro atoms. The summed E-state index contributed by atoms with van der Waals surface area (Å²) in [5.41, 5.74) is 1.90. The second-order valence-corrected chi connectivity index (χ2v) is 5.13. The first-order valence-corrected chi connectivity index (χ1v) is 6.73. The Morgan fingerprint density at radius 1 is 1.11 bits per heavy atom. The Morgan fingerprint density at radius 2 is 1.83 bits per heavy atom. The third kappa shape index (κ3) is 3.11. The van der Waals surface area contributed by atoms with E-state index in [1.54, 1.807) is 7.11 Å². The molecule has 4 heteroatoms. The lowest BCUT2D eigenvalue weighted by Gasteiger charge is -2.07. The molecule has 0 bridgehead atoms. The summed E-state index contributed by atoms with van der Waals surface area (Å²) in [5, 5.41) is 0. The van der Waals surface area contributed by atoms with Gasteiger partial charge >= 0.3 is 0 Å². The highest BCUT2D eigenvalue weighted by molar-refractivity contribution is 7.86. The SMILES string of the molecule is COc1ccc(N[S@](=O)c2cccc(C)c2)cc1. The summed E-state index contributed by atoms with van der Waals surface area (Å²) < 4.78 is 20.1. The maximum Gasteiger partial charge on any atom is 0.150 e. The molecule has 18 heavy (non-hydrogen) atoms. The van der Waals surface area contributed by atoms with Crippen LogP contribution < -0.4 is 9.46 Å². The van der Waals surface area contributed by atoms with Crippen LogP contribution in [-0.4, -0.2) is 11.3 Å². The van der Waals surface area contributed by atoms with Gasteiger partial charge in [-0.2, -0.15) is 0 Å². The number of aryl methyl sites for hydroxylation is 1. The Hall–Kier alpha value is -1.81. The molecule has 0 saturated heterocycles. The van der Waals surface area contributed by atoms with Gasteiger partial charge in [0.2, 0.25) is 0 Å². The summed E-state index contributed by atoms with van der Waals surface area (Å²) >= 11 is 0. The van der Waals surface area contributed by atoms with Crippen molar-refractivity contribution in [3.05, 3.63) is 54.1 Å². The molecular weight excluding hydrogens is 246 g/mol. The number of anilines is 1. The van der Waals surface area contributed by atoms with E-state index in [0.717, 1.165) is 21.9 Å². The second-order valence-electron chi connectivity index (χ2n) is 3.92. The van der Waals surface area contributed by atoms with Gasteiger partial charge in [0.25, 0.3) is 0 Å². The molecular formula is C14H15NO2S. The van der Waals surface area contributed by atoms with Crippen LogP contribution in [0.25, 0.3) is 0 Å². The van der Waals surface area contributed by atoms with Gasteiger partial charge in [0, 0.05) is 5.69 Å². The van der Waals surface area contributed by atoms with E-state index in [1.807, 2.05) is 55.5 Å². The van der Waals surface area contributed by atoms with Gasteiger partial charge in [-0.15, -0.1) is 0 Å². The average molecular weight is 261 g/mol. The van der Waals surface area contributed by atoms with E-state index in [4.69, 9.17) is 4.74 Å². The molecule has 2 aromatic carbocycles. The number of hydrogen-bond donors (Lipinski definition) is 1. The van der Waals surface area contributed by atoms with Crippen molar-refractivity contribution in [3.63, 3.8) is 0 Å². The molecule has 0 aromatic heterocycles. The molecule has 0 saturated carbocycles. The number of nitrogens with one attached hydrogen (secondary N) is 1. The summed E-state index contributed by atoms with van der Waals surface area (Å²) in [6.45, 7) is 1.98. The largest absolute Gasteiger partial charge is 0.497 e. The molecule has 1 atom stereocenters. The summed E-state index contributed by atoms with van der Waals surface area (Å²) in [6, 6.07) is 15.0. The van der Waals surface area contributed by atoms with Crippen molar-refractivity contribution in [3.8, 4) is 5.75 Å². The molecule has 0 radical (unpaired) electrons. The highest BCUT2D eigenvalue weighted by atomic mass is 32.2. The predicted molar refractivity (Wildman–Crippen MR) is 74.2 cm³/mol. The van der Waals surface area contributed by atoms with Crippen molar-refractivity contribution in [2.75, 3.05) is 11.8 Å². The third-order valence-corrected chi connectivity index (χ3v) is 3.61. The molecule has 2 rings (SSSR count). The molecule has 1 N–H and O–H groups in total. The van der Waals surface area contributed by atoms with Gasteiger partial charge < -0.3 is 9.46 Å². The Balaban J connectivity index is 2.11. The lowest BCUT2D eigenvalue weighted by Crippen LogP contribution is -2.04. The Kier molecular flexibility index (Phi) is 3.99. The second kappa shape index (κ2) is 5.69. The zero-order valence-corrected chi connectivity index (χ0v) is 11.2. The van der Waals surface area contributed by atoms with Gasteiger partial charge in [-0.1, -0.05) is 12.1 Å². The van der Waals surface area contributed by atoms with Crippen LogP contribution in [-0.2, 0) is 11.0 Å². The summed E-state index contributed by atoms with van der Waals surface area (Å²) in [7, 11) is 0.374. The summed E-state index contributed by atoms with van der Waals surface area (Å²) in [5.74, 6) is 0.780. The quantitative estimate of drug-likeness (QED) is 0.918. The highest BCUT2D eigenvalue weighted by Gasteiger charge is 2.04. The van der Waals surface area contributed by atoms with E-state index in [1.165, 1.54) is 0 Å². The molecule has 0 heterocycles. The molecule has 0 amide bonds. The molecule has 3 nitrogen and oxygen atoms in total. The molecule has 0 fully saturated rings. The maximum atomic E-state index is 12.1. The molecule has 0 aliphatic carbocycles. The molecule has 2 aromatic rings. The highest BCUT2D eigenvalue weighted by Crippen LogP contribution is 2.17. The van der Waals surface area contributed by atoms with Crippen molar-refractivity contribution in [1.82, 2.24) is 0 Å². The van der Waals surface area contributed by atoms with E-state index in [2.05, 4.69) is 4.72 Å². The van der Waals surface area contributed by atoms with Crippen LogP contribution in [0.1, 0.15) is 5.56 Å². The first-order valence-electron chi connectivity index (χ1n) is 5.58. The zero-order chi connectivity index (χ0) is 13.0. The van der Waals surface area contributed by atoms with E-state index < -0.39 is 11.0 Å². The van der Waals surface area contributed by atoms with Crippen LogP contribution in [0.5, 0.6) is 5.75 Å². The summed E-state index contributed by atoms with van der Waals surface area (Å²) in [4.78, 5) is 0.769. The number of ether oxygens (including phenoxy) is 1. The summed E-state index contributed by atoms with van der Waals surface area (Å²) in [6.07, 6.45) is 0. The standard InChI is InChI=1S/C14H15NO2S/c1-11-4-3-5-14(10-11)18(16)15-12-6-8-13(17-2)9-7-12/h3-10,15H,1-2H3/t18-/m1/s1. The fourth-order valence-corrected chi connectivity index (χ4v) is 2.52. The van der Waals surface area contributed by atoms with E-state index in [9.17, 15) is 4.21 Å². The van der Waals surface area contributed by atoms with E-state index >= 15 is 0 Å². The van der Waals surface area contributed by atoms with Crippen molar-refractivity contribution in [1.29, 1.82) is 0 Å². The van der Waals surface area contributed by atoms with Gasteiger partial charge in [-0.05, 0) is 48.9 Å². The first kappa shape index (κ1) is 12.6. The van der Waals surface area contributed by atoms with Gasteiger partial charge in [0.15, 0.2) is 0 Å². The number of hydrogen-bond acceptors (Lipinski definition) is 2. The van der Waals surface area contributed by atoms with Crippen molar-refractivity contribution in [2.24, 2.45) is 0 Å². The number of rotatable bonds is 4. The van der Waals surface area contributed by atoms with Crippen molar-refractivity contribution in [2.45, 2.75) is 11.8 Å². The van der Waals surface area contributed by atoms with Gasteiger partial charge in [0.1, 0.15) is 16.7 Å². The fourth-order valence-electron chi connectivity index (χ4n) is 1.56. The Labute approximate surface area is 109 Å². The number of benzene rings is 2. The minimum absolute atomic E-state index is 0.769. The van der Waals surface area contributed by atoms with Crippen LogP contribution in [0.3, 0.4) is 0 Å². The van der Waals surface area contributed by atoms with Crippen molar-refractivity contribution < 1.29 is 8.95 Å². The van der Waals surface area contributed by atoms with Crippen LogP contribution in [0.2, 0.25) is 0 Å². The monoisotopic (exact) mass is 261 g/mol. The topological polar surface area (TPSA) is 38.3 Å². The van der Waals surface area contributed by atoms with Gasteiger partial charge in [-0.3, -0.25) is 0 Å². The molecule has 94 valence electrons. The molecule has 0 unspecified atom stereocenters. The Morgan fingerprint density at radius 3 is 2.44 bits per heavy atom. The minimum Gasteiger partial charge on any atom is -0.497 e. The van der Waals surface area contributed by atoms with Crippen LogP contribution in [0.15, 0.2) is 53.4 Å². The van der Waals surface area contributed by atoms with Crippen LogP contribution >= 0.6 is 0 Å². The maximum absolute atomic E-state index is 12.1. The zero-order valence-electron chi connectivity index (χ0n) is 10.3. The van der Waals surface area contributed by atoms with Gasteiger partial charge in [0.05, 0.1) is 12.0 Å². The fraction of sp³-hybridized carbons (Fsp3) is 0.143. The normalized spacial score (nSPS) is 11.9. The predicted octanol–water partition coefficient (Wildman–Crippen LogP) is 3.14. The van der Waals surface area contributed by atoms with Crippen molar-refractivity contribution >= 4 is 16.7 Å². The van der Waals surface area contributed by atoms with E-state index in [0.29, 0.717) is 0 Å². The lowest BCUT2D eigenvalue weighted by atomic mass is 10.2. The minimum atomic E-state index is -1.24. The molecule has 0 aliphatic rings. The van der Waals surface area contributed by atoms with E-state index in [-0.39, 0.29) is 0 Å². The Bertz CT molecular complexity index is 552. The smallest absolute Gasteiger partial charge is 0.150 e.